The van der Waals surface area contributed by atoms with Gasteiger partial charge in [-0.1, -0.05) is 11.3 Å². The smallest absolute Gasteiger partial charge is 0.273 e. The minimum absolute atomic E-state index is 0.0528. The molecule has 0 saturated heterocycles. The van der Waals surface area contributed by atoms with Crippen molar-refractivity contribution >= 4 is 17.2 Å². The number of rotatable bonds is 9. The lowest BCUT2D eigenvalue weighted by Crippen LogP contribution is -2.39. The molecule has 2 aromatic heterocycles. The van der Waals surface area contributed by atoms with Gasteiger partial charge in [-0.15, -0.1) is 0 Å². The van der Waals surface area contributed by atoms with E-state index in [1.165, 1.54) is 11.3 Å². The molecule has 1 fully saturated rings. The number of alkyl halides is 2. The van der Waals surface area contributed by atoms with E-state index >= 15 is 0 Å². The molecule has 10 heteroatoms. The van der Waals surface area contributed by atoms with Crippen LogP contribution in [0.15, 0.2) is 12.5 Å². The third kappa shape index (κ3) is 6.46. The number of aromatic nitrogens is 3. The number of carbonyl (C=O) groups excluding carboxylic acids is 1. The molecule has 1 aliphatic carbocycles. The van der Waals surface area contributed by atoms with Crippen molar-refractivity contribution in [2.24, 2.45) is 5.92 Å². The SMILES string of the molecule is O=C(Cc1cnc[nH]1)NC1CCC(CCN2CCc3sc(OCC(F)F)nc3C2)CC1. The predicted molar refractivity (Wildman–Crippen MR) is 113 cm³/mol. The zero-order valence-electron chi connectivity index (χ0n) is 17.5. The first kappa shape index (κ1) is 22.1. The Morgan fingerprint density at radius 2 is 2.19 bits per heavy atom. The zero-order chi connectivity index (χ0) is 21.6. The molecule has 2 aliphatic rings. The summed E-state index contributed by atoms with van der Waals surface area (Å²) < 4.78 is 29.7. The summed E-state index contributed by atoms with van der Waals surface area (Å²) in [6.07, 6.45) is 7.52. The fourth-order valence-corrected chi connectivity index (χ4v) is 5.32. The maximum Gasteiger partial charge on any atom is 0.273 e. The zero-order valence-corrected chi connectivity index (χ0v) is 18.3. The molecule has 2 aromatic rings. The molecule has 31 heavy (non-hydrogen) atoms. The predicted octanol–water partition coefficient (Wildman–Crippen LogP) is 3.18. The minimum Gasteiger partial charge on any atom is -0.464 e. The largest absolute Gasteiger partial charge is 0.464 e. The average Bonchev–Trinajstić information content (AvgIpc) is 3.40. The summed E-state index contributed by atoms with van der Waals surface area (Å²) in [5.41, 5.74) is 1.81. The Labute approximate surface area is 184 Å². The second kappa shape index (κ2) is 10.5. The van der Waals surface area contributed by atoms with Gasteiger partial charge >= 0.3 is 0 Å². The summed E-state index contributed by atoms with van der Waals surface area (Å²) in [6, 6.07) is 0.269. The monoisotopic (exact) mass is 453 g/mol. The van der Waals surface area contributed by atoms with Crippen molar-refractivity contribution in [2.75, 3.05) is 19.7 Å². The topological polar surface area (TPSA) is 83.1 Å². The van der Waals surface area contributed by atoms with Gasteiger partial charge in [-0.05, 0) is 51.0 Å². The molecule has 0 bridgehead atoms. The third-order valence-corrected chi connectivity index (χ3v) is 7.16. The van der Waals surface area contributed by atoms with Crippen molar-refractivity contribution < 1.29 is 18.3 Å². The van der Waals surface area contributed by atoms with Crippen LogP contribution in [0.1, 0.15) is 48.4 Å². The van der Waals surface area contributed by atoms with Crippen LogP contribution in [-0.4, -0.2) is 57.9 Å². The number of thiazole rings is 1. The Bertz CT molecular complexity index is 837. The van der Waals surface area contributed by atoms with E-state index < -0.39 is 13.0 Å². The van der Waals surface area contributed by atoms with E-state index in [2.05, 4.69) is 25.2 Å². The Morgan fingerprint density at radius 1 is 1.35 bits per heavy atom. The number of aromatic amines is 1. The van der Waals surface area contributed by atoms with E-state index in [-0.39, 0.29) is 11.9 Å². The molecule has 170 valence electrons. The number of fused-ring (bicyclic) bond motifs is 1. The second-order valence-corrected chi connectivity index (χ2v) is 9.45. The number of H-pyrrole nitrogens is 1. The minimum atomic E-state index is -2.47. The van der Waals surface area contributed by atoms with Crippen LogP contribution < -0.4 is 10.1 Å². The van der Waals surface area contributed by atoms with Gasteiger partial charge in [-0.25, -0.2) is 18.7 Å². The van der Waals surface area contributed by atoms with Crippen molar-refractivity contribution in [2.45, 2.75) is 64.0 Å². The molecule has 2 N–H and O–H groups in total. The van der Waals surface area contributed by atoms with Gasteiger partial charge < -0.3 is 15.0 Å². The van der Waals surface area contributed by atoms with Gasteiger partial charge in [0.05, 0.1) is 18.4 Å². The number of amides is 1. The standard InChI is InChI=1S/C21H29F2N5O2S/c22-19(23)12-30-21-27-17-11-28(8-6-18(17)31-21)7-5-14-1-3-15(4-2-14)26-20(29)9-16-10-24-13-25-16/h10,13-15,19H,1-9,11-12H2,(H,24,25)(H,26,29). The van der Waals surface area contributed by atoms with Gasteiger partial charge in [-0.2, -0.15) is 0 Å². The molecule has 1 amide bonds. The number of hydrogen-bond acceptors (Lipinski definition) is 6. The van der Waals surface area contributed by atoms with Crippen LogP contribution in [0, 0.1) is 5.92 Å². The van der Waals surface area contributed by atoms with Crippen molar-refractivity contribution in [3.05, 3.63) is 28.8 Å². The molecule has 0 radical (unpaired) electrons. The summed E-state index contributed by atoms with van der Waals surface area (Å²) in [5.74, 6) is 0.736. The molecule has 1 saturated carbocycles. The lowest BCUT2D eigenvalue weighted by Gasteiger charge is -2.32. The Balaban J connectivity index is 1.15. The molecule has 0 spiro atoms. The van der Waals surface area contributed by atoms with Crippen LogP contribution in [0.5, 0.6) is 5.19 Å². The maximum absolute atomic E-state index is 12.3. The van der Waals surface area contributed by atoms with Crippen LogP contribution in [0.3, 0.4) is 0 Å². The van der Waals surface area contributed by atoms with Crippen molar-refractivity contribution in [3.8, 4) is 5.19 Å². The second-order valence-electron chi connectivity index (χ2n) is 8.41. The number of hydrogen-bond donors (Lipinski definition) is 2. The molecule has 0 atom stereocenters. The first-order valence-corrected chi connectivity index (χ1v) is 11.8. The van der Waals surface area contributed by atoms with Gasteiger partial charge in [0.2, 0.25) is 5.91 Å². The molecular weight excluding hydrogens is 424 g/mol. The van der Waals surface area contributed by atoms with E-state index in [4.69, 9.17) is 4.74 Å². The highest BCUT2D eigenvalue weighted by Crippen LogP contribution is 2.31. The van der Waals surface area contributed by atoms with Crippen LogP contribution in [-0.2, 0) is 24.2 Å². The van der Waals surface area contributed by atoms with Gasteiger partial charge in [0.25, 0.3) is 11.6 Å². The maximum atomic E-state index is 12.3. The van der Waals surface area contributed by atoms with E-state index in [0.717, 1.165) is 74.4 Å². The van der Waals surface area contributed by atoms with Gasteiger partial charge in [0.15, 0.2) is 6.61 Å². The number of nitrogens with one attached hydrogen (secondary N) is 2. The first-order chi connectivity index (χ1) is 15.0. The van der Waals surface area contributed by atoms with Gasteiger partial charge in [0, 0.05) is 35.9 Å². The Morgan fingerprint density at radius 3 is 2.94 bits per heavy atom. The Kier molecular flexibility index (Phi) is 7.49. The lowest BCUT2D eigenvalue weighted by atomic mass is 9.84. The molecule has 4 rings (SSSR count). The van der Waals surface area contributed by atoms with Gasteiger partial charge in [0.1, 0.15) is 0 Å². The summed E-state index contributed by atoms with van der Waals surface area (Å²) in [5, 5.41) is 3.51. The van der Waals surface area contributed by atoms with E-state index in [9.17, 15) is 13.6 Å². The number of halogens is 2. The highest BCUT2D eigenvalue weighted by molar-refractivity contribution is 7.13. The molecule has 0 aromatic carbocycles. The van der Waals surface area contributed by atoms with E-state index in [1.807, 2.05) is 0 Å². The molecule has 3 heterocycles. The number of imidazole rings is 1. The fraction of sp³-hybridized carbons (Fsp3) is 0.667. The molecular formula is C21H29F2N5O2S. The fourth-order valence-electron chi connectivity index (χ4n) is 4.41. The molecule has 7 nitrogen and oxygen atoms in total. The quantitative estimate of drug-likeness (QED) is 0.609. The van der Waals surface area contributed by atoms with Crippen LogP contribution in [0.2, 0.25) is 0 Å². The summed E-state index contributed by atoms with van der Waals surface area (Å²) in [7, 11) is 0. The first-order valence-electron chi connectivity index (χ1n) is 10.9. The van der Waals surface area contributed by atoms with Gasteiger partial charge in [-0.3, -0.25) is 9.69 Å². The molecule has 1 aliphatic heterocycles. The number of carbonyl (C=O) groups is 1. The van der Waals surface area contributed by atoms with Crippen LogP contribution >= 0.6 is 11.3 Å². The summed E-state index contributed by atoms with van der Waals surface area (Å²) in [6.45, 7) is 2.17. The van der Waals surface area contributed by atoms with Crippen LogP contribution in [0.4, 0.5) is 8.78 Å². The normalized spacial score (nSPS) is 21.8. The van der Waals surface area contributed by atoms with Crippen molar-refractivity contribution in [3.63, 3.8) is 0 Å². The Hall–Kier alpha value is -2.07. The van der Waals surface area contributed by atoms with Crippen molar-refractivity contribution in [1.82, 2.24) is 25.2 Å². The van der Waals surface area contributed by atoms with E-state index in [0.29, 0.717) is 17.5 Å². The summed E-state index contributed by atoms with van der Waals surface area (Å²) in [4.78, 5) is 27.0. The van der Waals surface area contributed by atoms with Crippen LogP contribution in [0.25, 0.3) is 0 Å². The third-order valence-electron chi connectivity index (χ3n) is 6.09. The molecule has 0 unspecified atom stereocenters. The highest BCUT2D eigenvalue weighted by Gasteiger charge is 2.25. The lowest BCUT2D eigenvalue weighted by molar-refractivity contribution is -0.121. The van der Waals surface area contributed by atoms with Crippen molar-refractivity contribution in [1.29, 1.82) is 0 Å². The van der Waals surface area contributed by atoms with E-state index in [1.54, 1.807) is 12.5 Å². The highest BCUT2D eigenvalue weighted by atomic mass is 32.1. The number of nitrogens with zero attached hydrogens (tertiary/aromatic N) is 3. The number of ether oxygens (including phenoxy) is 1. The average molecular weight is 454 g/mol. The summed E-state index contributed by atoms with van der Waals surface area (Å²) >= 11 is 1.40.